The minimum atomic E-state index is -0.604. The Balaban J connectivity index is 2.20. The molecule has 19 heavy (non-hydrogen) atoms. The van der Waals surface area contributed by atoms with Gasteiger partial charge < -0.3 is 15.9 Å². The smallest absolute Gasteiger partial charge is 0.134 e. The minimum Gasteiger partial charge on any atom is -0.506 e. The molecule has 0 radical (unpaired) electrons. The molecule has 1 aromatic carbocycles. The zero-order chi connectivity index (χ0) is 14.0. The van der Waals surface area contributed by atoms with Crippen molar-refractivity contribution in [3.63, 3.8) is 0 Å². The maximum atomic E-state index is 10.4. The fourth-order valence-corrected chi connectivity index (χ4v) is 4.05. The molecule has 1 saturated carbocycles. The number of hydrogen-bond acceptors (Lipinski definition) is 3. The minimum absolute atomic E-state index is 0.116. The fourth-order valence-electron chi connectivity index (χ4n) is 2.79. The molecule has 0 unspecified atom stereocenters. The van der Waals surface area contributed by atoms with Gasteiger partial charge in [0.15, 0.2) is 0 Å². The normalized spacial score (nSPS) is 20.2. The molecular formula is C14H19Br2NO2. The molecule has 1 fully saturated rings. The predicted molar refractivity (Wildman–Crippen MR) is 83.0 cm³/mol. The molecule has 0 bridgehead atoms. The third-order valence-corrected chi connectivity index (χ3v) is 4.98. The van der Waals surface area contributed by atoms with Crippen LogP contribution in [0.3, 0.4) is 0 Å². The van der Waals surface area contributed by atoms with E-state index in [2.05, 4.69) is 31.9 Å². The number of aromatic hydroxyl groups is 1. The lowest BCUT2D eigenvalue weighted by Gasteiger charge is -2.31. The molecule has 0 amide bonds. The number of rotatable bonds is 3. The molecule has 3 nitrogen and oxygen atoms in total. The lowest BCUT2D eigenvalue weighted by atomic mass is 9.81. The number of benzene rings is 1. The Morgan fingerprint density at radius 3 is 2.42 bits per heavy atom. The Hall–Kier alpha value is -0.100. The highest BCUT2D eigenvalue weighted by Gasteiger charge is 2.29. The summed E-state index contributed by atoms with van der Waals surface area (Å²) in [5, 5.41) is 20.5. The van der Waals surface area contributed by atoms with Crippen LogP contribution in [-0.4, -0.2) is 16.3 Å². The van der Waals surface area contributed by atoms with Gasteiger partial charge >= 0.3 is 0 Å². The number of hydrogen-bond donors (Lipinski definition) is 3. The van der Waals surface area contributed by atoms with Crippen molar-refractivity contribution in [2.24, 2.45) is 11.7 Å². The van der Waals surface area contributed by atoms with Crippen molar-refractivity contribution in [2.45, 2.75) is 44.2 Å². The van der Waals surface area contributed by atoms with Crippen molar-refractivity contribution in [3.8, 4) is 5.75 Å². The van der Waals surface area contributed by atoms with E-state index in [9.17, 15) is 10.2 Å². The third kappa shape index (κ3) is 3.51. The first-order chi connectivity index (χ1) is 9.00. The molecule has 1 aromatic rings. The summed E-state index contributed by atoms with van der Waals surface area (Å²) in [5.74, 6) is 0.353. The molecule has 1 aliphatic carbocycles. The van der Waals surface area contributed by atoms with E-state index in [0.29, 0.717) is 10.0 Å². The zero-order valence-corrected chi connectivity index (χ0v) is 13.8. The maximum Gasteiger partial charge on any atom is 0.134 e. The number of nitrogens with two attached hydrogens (primary N) is 1. The van der Waals surface area contributed by atoms with Gasteiger partial charge in [0, 0.05) is 10.0 Å². The van der Waals surface area contributed by atoms with Gasteiger partial charge in [-0.15, -0.1) is 0 Å². The van der Waals surface area contributed by atoms with E-state index >= 15 is 0 Å². The average molecular weight is 393 g/mol. The van der Waals surface area contributed by atoms with Gasteiger partial charge in [-0.1, -0.05) is 35.2 Å². The molecule has 2 atom stereocenters. The van der Waals surface area contributed by atoms with E-state index in [1.54, 1.807) is 12.1 Å². The number of phenols is 1. The first-order valence-electron chi connectivity index (χ1n) is 6.62. The van der Waals surface area contributed by atoms with Crippen LogP contribution < -0.4 is 5.73 Å². The third-order valence-electron chi connectivity index (χ3n) is 3.92. The van der Waals surface area contributed by atoms with Gasteiger partial charge in [0.2, 0.25) is 0 Å². The molecule has 1 aliphatic rings. The zero-order valence-electron chi connectivity index (χ0n) is 10.6. The van der Waals surface area contributed by atoms with Crippen LogP contribution in [0.4, 0.5) is 0 Å². The van der Waals surface area contributed by atoms with Crippen molar-refractivity contribution in [1.82, 2.24) is 0 Å². The van der Waals surface area contributed by atoms with Crippen LogP contribution in [0.25, 0.3) is 0 Å². The first kappa shape index (κ1) is 15.3. The van der Waals surface area contributed by atoms with Crippen LogP contribution in [0, 0.1) is 5.92 Å². The van der Waals surface area contributed by atoms with Crippen LogP contribution in [0.2, 0.25) is 0 Å². The number of aliphatic hydroxyl groups excluding tert-OH is 1. The summed E-state index contributed by atoms with van der Waals surface area (Å²) in [6.07, 6.45) is 4.99. The second-order valence-electron chi connectivity index (χ2n) is 5.24. The SMILES string of the molecule is N[C@@H](c1cc(Br)cc(Br)c1O)[C@H](O)C1CCCCC1. The Kier molecular flexibility index (Phi) is 5.29. The molecule has 4 N–H and O–H groups in total. The Bertz CT molecular complexity index is 447. The maximum absolute atomic E-state index is 10.4. The Morgan fingerprint density at radius 1 is 1.16 bits per heavy atom. The van der Waals surface area contributed by atoms with Crippen LogP contribution >= 0.6 is 31.9 Å². The molecular weight excluding hydrogens is 374 g/mol. The number of aliphatic hydroxyl groups is 1. The highest BCUT2D eigenvalue weighted by atomic mass is 79.9. The topological polar surface area (TPSA) is 66.5 Å². The van der Waals surface area contributed by atoms with Gasteiger partial charge in [-0.3, -0.25) is 0 Å². The van der Waals surface area contributed by atoms with Crippen LogP contribution in [-0.2, 0) is 0 Å². The molecule has 0 heterocycles. The van der Waals surface area contributed by atoms with E-state index in [4.69, 9.17) is 5.73 Å². The summed E-state index contributed by atoms with van der Waals surface area (Å²) in [7, 11) is 0. The summed E-state index contributed by atoms with van der Waals surface area (Å²) in [6, 6.07) is 2.98. The highest BCUT2D eigenvalue weighted by molar-refractivity contribution is 9.11. The van der Waals surface area contributed by atoms with Crippen LogP contribution in [0.15, 0.2) is 21.1 Å². The molecule has 0 aliphatic heterocycles. The molecule has 0 spiro atoms. The second kappa shape index (κ2) is 6.57. The summed E-state index contributed by atoms with van der Waals surface area (Å²) in [6.45, 7) is 0. The van der Waals surface area contributed by atoms with Gasteiger partial charge in [0.1, 0.15) is 5.75 Å². The molecule has 0 saturated heterocycles. The molecule has 5 heteroatoms. The standard InChI is InChI=1S/C14H19Br2NO2/c15-9-6-10(14(19)11(16)7-9)12(17)13(18)8-4-2-1-3-5-8/h6-8,12-13,18-19H,1-5,17H2/t12-,13+/m0/s1. The van der Waals surface area contributed by atoms with E-state index in [-0.39, 0.29) is 11.7 Å². The van der Waals surface area contributed by atoms with E-state index in [0.717, 1.165) is 30.2 Å². The lowest BCUT2D eigenvalue weighted by Crippen LogP contribution is -2.34. The van der Waals surface area contributed by atoms with Gasteiger partial charge in [-0.25, -0.2) is 0 Å². The monoisotopic (exact) mass is 391 g/mol. The van der Waals surface area contributed by atoms with Crippen molar-refractivity contribution < 1.29 is 10.2 Å². The lowest BCUT2D eigenvalue weighted by molar-refractivity contribution is 0.0610. The molecule has 2 rings (SSSR count). The average Bonchev–Trinajstić information content (AvgIpc) is 2.42. The van der Waals surface area contributed by atoms with Gasteiger partial charge in [0.25, 0.3) is 0 Å². The molecule has 0 aromatic heterocycles. The first-order valence-corrected chi connectivity index (χ1v) is 8.21. The predicted octanol–water partition coefficient (Wildman–Crippen LogP) is 3.86. The number of halogens is 2. The van der Waals surface area contributed by atoms with Crippen molar-refractivity contribution >= 4 is 31.9 Å². The Morgan fingerprint density at radius 2 is 1.79 bits per heavy atom. The van der Waals surface area contributed by atoms with E-state index in [1.807, 2.05) is 0 Å². The highest BCUT2D eigenvalue weighted by Crippen LogP contribution is 2.38. The Labute approximate surface area is 130 Å². The van der Waals surface area contributed by atoms with Crippen molar-refractivity contribution in [2.75, 3.05) is 0 Å². The van der Waals surface area contributed by atoms with Crippen LogP contribution in [0.1, 0.15) is 43.7 Å². The van der Waals surface area contributed by atoms with Gasteiger partial charge in [-0.05, 0) is 46.8 Å². The van der Waals surface area contributed by atoms with Gasteiger partial charge in [-0.2, -0.15) is 0 Å². The van der Waals surface area contributed by atoms with Gasteiger partial charge in [0.05, 0.1) is 16.6 Å². The second-order valence-corrected chi connectivity index (χ2v) is 7.01. The van der Waals surface area contributed by atoms with Crippen molar-refractivity contribution in [3.05, 3.63) is 26.6 Å². The summed E-state index contributed by atoms with van der Waals surface area (Å²) >= 11 is 6.68. The van der Waals surface area contributed by atoms with E-state index < -0.39 is 12.1 Å². The van der Waals surface area contributed by atoms with Crippen LogP contribution in [0.5, 0.6) is 5.75 Å². The van der Waals surface area contributed by atoms with E-state index in [1.165, 1.54) is 6.42 Å². The largest absolute Gasteiger partial charge is 0.506 e. The summed E-state index contributed by atoms with van der Waals surface area (Å²) < 4.78 is 1.42. The number of phenolic OH excluding ortho intramolecular Hbond substituents is 1. The summed E-state index contributed by atoms with van der Waals surface area (Å²) in [4.78, 5) is 0. The quantitative estimate of drug-likeness (QED) is 0.731. The fraction of sp³-hybridized carbons (Fsp3) is 0.571. The molecule has 106 valence electrons. The van der Waals surface area contributed by atoms with Crippen molar-refractivity contribution in [1.29, 1.82) is 0 Å². The summed E-state index contributed by atoms with van der Waals surface area (Å²) in [5.41, 5.74) is 6.74.